The molecule has 27 heavy (non-hydrogen) atoms. The van der Waals surface area contributed by atoms with Crippen LogP contribution in [0.4, 0.5) is 10.5 Å². The van der Waals surface area contributed by atoms with Gasteiger partial charge in [-0.3, -0.25) is 4.98 Å². The van der Waals surface area contributed by atoms with Gasteiger partial charge in [0.05, 0.1) is 0 Å². The average Bonchev–Trinajstić information content (AvgIpc) is 2.64. The first-order valence-corrected chi connectivity index (χ1v) is 10.4. The number of carbonyl (C=O) groups excluding carboxylic acids is 1. The number of anilines is 1. The number of amides is 2. The molecule has 1 aliphatic rings. The number of hydrogen-bond acceptors (Lipinski definition) is 4. The van der Waals surface area contributed by atoms with Crippen LogP contribution in [0.3, 0.4) is 0 Å². The van der Waals surface area contributed by atoms with Gasteiger partial charge in [-0.15, -0.1) is 0 Å². The molecule has 0 bridgehead atoms. The van der Waals surface area contributed by atoms with Crippen molar-refractivity contribution in [2.45, 2.75) is 53.5 Å². The summed E-state index contributed by atoms with van der Waals surface area (Å²) in [4.78, 5) is 23.7. The van der Waals surface area contributed by atoms with E-state index in [2.05, 4.69) is 53.0 Å². The lowest BCUT2D eigenvalue weighted by atomic mass is 10.1. The zero-order valence-corrected chi connectivity index (χ0v) is 17.8. The van der Waals surface area contributed by atoms with Gasteiger partial charge in [0.15, 0.2) is 0 Å². The fourth-order valence-electron chi connectivity index (χ4n) is 3.70. The predicted molar refractivity (Wildman–Crippen MR) is 113 cm³/mol. The summed E-state index contributed by atoms with van der Waals surface area (Å²) in [5.74, 6) is 0. The minimum Gasteiger partial charge on any atom is -0.368 e. The maximum absolute atomic E-state index is 12.5. The van der Waals surface area contributed by atoms with Crippen molar-refractivity contribution in [1.29, 1.82) is 0 Å². The second kappa shape index (κ2) is 10.5. The van der Waals surface area contributed by atoms with E-state index in [0.29, 0.717) is 0 Å². The lowest BCUT2D eigenvalue weighted by Gasteiger charge is -2.36. The largest absolute Gasteiger partial charge is 0.368 e. The summed E-state index contributed by atoms with van der Waals surface area (Å²) >= 11 is 0. The van der Waals surface area contributed by atoms with Crippen LogP contribution in [0.5, 0.6) is 0 Å². The lowest BCUT2D eigenvalue weighted by molar-refractivity contribution is 0.189. The Balaban J connectivity index is 1.74. The number of nitrogens with one attached hydrogen (secondary N) is 1. The quantitative estimate of drug-likeness (QED) is 0.759. The van der Waals surface area contributed by atoms with E-state index in [1.54, 1.807) is 0 Å². The maximum atomic E-state index is 12.5. The molecule has 0 unspecified atom stereocenters. The number of urea groups is 1. The van der Waals surface area contributed by atoms with Crippen molar-refractivity contribution in [1.82, 2.24) is 20.1 Å². The molecule has 6 heteroatoms. The van der Waals surface area contributed by atoms with Crippen molar-refractivity contribution in [3.8, 4) is 0 Å². The Hall–Kier alpha value is -1.82. The van der Waals surface area contributed by atoms with E-state index in [1.165, 1.54) is 5.69 Å². The van der Waals surface area contributed by atoms with E-state index < -0.39 is 0 Å². The van der Waals surface area contributed by atoms with Gasteiger partial charge < -0.3 is 20.0 Å². The van der Waals surface area contributed by atoms with Crippen molar-refractivity contribution >= 4 is 11.7 Å². The topological polar surface area (TPSA) is 51.7 Å². The van der Waals surface area contributed by atoms with Gasteiger partial charge in [-0.1, -0.05) is 13.8 Å². The zero-order chi connectivity index (χ0) is 19.8. The summed E-state index contributed by atoms with van der Waals surface area (Å²) in [6, 6.07) is 4.55. The lowest BCUT2D eigenvalue weighted by Crippen LogP contribution is -2.53. The van der Waals surface area contributed by atoms with Crippen LogP contribution < -0.4 is 10.2 Å². The summed E-state index contributed by atoms with van der Waals surface area (Å²) in [6.07, 6.45) is 2.15. The molecule has 0 spiro atoms. The summed E-state index contributed by atoms with van der Waals surface area (Å²) < 4.78 is 0. The molecule has 0 radical (unpaired) electrons. The molecule has 2 amide bonds. The van der Waals surface area contributed by atoms with E-state index in [-0.39, 0.29) is 12.1 Å². The number of carbonyl (C=O) groups is 1. The smallest absolute Gasteiger partial charge is 0.317 e. The Bertz CT molecular complexity index is 574. The van der Waals surface area contributed by atoms with E-state index in [4.69, 9.17) is 0 Å². The van der Waals surface area contributed by atoms with Gasteiger partial charge in [0, 0.05) is 49.3 Å². The molecule has 6 nitrogen and oxygen atoms in total. The fraction of sp³-hybridized carbons (Fsp3) is 0.714. The van der Waals surface area contributed by atoms with E-state index >= 15 is 0 Å². The molecule has 1 aliphatic heterocycles. The Labute approximate surface area is 164 Å². The third kappa shape index (κ3) is 6.69. The highest BCUT2D eigenvalue weighted by Crippen LogP contribution is 2.18. The average molecular weight is 376 g/mol. The van der Waals surface area contributed by atoms with Crippen molar-refractivity contribution in [2.75, 3.05) is 50.7 Å². The zero-order valence-electron chi connectivity index (χ0n) is 17.8. The minimum atomic E-state index is 0.0760. The molecule has 0 aromatic carbocycles. The van der Waals surface area contributed by atoms with Crippen LogP contribution in [0.15, 0.2) is 12.1 Å². The fourth-order valence-corrected chi connectivity index (χ4v) is 3.70. The number of nitrogens with zero attached hydrogens (tertiary/aromatic N) is 4. The molecule has 1 aromatic heterocycles. The normalized spacial score (nSPS) is 15.9. The van der Waals surface area contributed by atoms with E-state index in [0.717, 1.165) is 70.0 Å². The standard InChI is InChI=1S/C21H37N5O/c1-6-24(7-2)10-8-9-17(3)23-21(27)26-13-11-25(12-14-26)20-15-18(4)22-19(5)16-20/h15-17H,6-14H2,1-5H3,(H,23,27)/t17-/m1/s1. The molecule has 0 saturated carbocycles. The highest BCUT2D eigenvalue weighted by Gasteiger charge is 2.22. The van der Waals surface area contributed by atoms with E-state index in [1.807, 2.05) is 18.7 Å². The Morgan fingerprint density at radius 3 is 2.30 bits per heavy atom. The van der Waals surface area contributed by atoms with Crippen LogP contribution in [0.1, 0.15) is 45.0 Å². The molecular formula is C21H37N5O. The van der Waals surface area contributed by atoms with Gasteiger partial charge in [-0.25, -0.2) is 4.79 Å². The Morgan fingerprint density at radius 1 is 1.15 bits per heavy atom. The summed E-state index contributed by atoms with van der Waals surface area (Å²) in [5, 5.41) is 3.17. The van der Waals surface area contributed by atoms with Crippen LogP contribution in [0.25, 0.3) is 0 Å². The number of aryl methyl sites for hydroxylation is 2. The molecule has 0 aliphatic carbocycles. The first kappa shape index (κ1) is 21.5. The minimum absolute atomic E-state index is 0.0760. The first-order valence-electron chi connectivity index (χ1n) is 10.4. The van der Waals surface area contributed by atoms with Crippen LogP contribution in [-0.2, 0) is 0 Å². The molecular weight excluding hydrogens is 338 g/mol. The molecule has 1 N–H and O–H groups in total. The van der Waals surface area contributed by atoms with Crippen molar-refractivity contribution in [2.24, 2.45) is 0 Å². The molecule has 1 aromatic rings. The second-order valence-corrected chi connectivity index (χ2v) is 7.60. The summed E-state index contributed by atoms with van der Waals surface area (Å²) in [5.41, 5.74) is 3.30. The van der Waals surface area contributed by atoms with Crippen LogP contribution >= 0.6 is 0 Å². The van der Waals surface area contributed by atoms with Crippen molar-refractivity contribution in [3.63, 3.8) is 0 Å². The van der Waals surface area contributed by atoms with Gasteiger partial charge >= 0.3 is 6.03 Å². The molecule has 152 valence electrons. The van der Waals surface area contributed by atoms with Crippen LogP contribution in [0, 0.1) is 13.8 Å². The molecule has 2 rings (SSSR count). The Kier molecular flexibility index (Phi) is 8.35. The van der Waals surface area contributed by atoms with Crippen molar-refractivity contribution in [3.05, 3.63) is 23.5 Å². The van der Waals surface area contributed by atoms with E-state index in [9.17, 15) is 4.79 Å². The summed E-state index contributed by atoms with van der Waals surface area (Å²) in [6.45, 7) is 17.1. The highest BCUT2D eigenvalue weighted by molar-refractivity contribution is 5.74. The number of hydrogen-bond donors (Lipinski definition) is 1. The molecule has 2 heterocycles. The first-order chi connectivity index (χ1) is 12.9. The number of pyridine rings is 1. The van der Waals surface area contributed by atoms with Crippen LogP contribution in [-0.4, -0.2) is 72.7 Å². The molecule has 1 fully saturated rings. The van der Waals surface area contributed by atoms with Gasteiger partial charge in [0.1, 0.15) is 0 Å². The van der Waals surface area contributed by atoms with Crippen molar-refractivity contribution < 1.29 is 4.79 Å². The SMILES string of the molecule is CCN(CC)CCC[C@@H](C)NC(=O)N1CCN(c2cc(C)nc(C)c2)CC1. The van der Waals surface area contributed by atoms with Crippen LogP contribution in [0.2, 0.25) is 0 Å². The molecule has 1 saturated heterocycles. The predicted octanol–water partition coefficient (Wildman–Crippen LogP) is 3.04. The number of rotatable bonds is 8. The monoisotopic (exact) mass is 375 g/mol. The second-order valence-electron chi connectivity index (χ2n) is 7.60. The molecule has 1 atom stereocenters. The number of aromatic nitrogens is 1. The van der Waals surface area contributed by atoms with Gasteiger partial charge in [-0.2, -0.15) is 0 Å². The third-order valence-electron chi connectivity index (χ3n) is 5.37. The highest BCUT2D eigenvalue weighted by atomic mass is 16.2. The number of piperazine rings is 1. The van der Waals surface area contributed by atoms with Gasteiger partial charge in [0.2, 0.25) is 0 Å². The Morgan fingerprint density at radius 2 is 1.74 bits per heavy atom. The maximum Gasteiger partial charge on any atom is 0.317 e. The van der Waals surface area contributed by atoms with Gasteiger partial charge in [0.25, 0.3) is 0 Å². The van der Waals surface area contributed by atoms with Gasteiger partial charge in [-0.05, 0) is 65.4 Å². The summed E-state index contributed by atoms with van der Waals surface area (Å²) in [7, 11) is 0. The third-order valence-corrected chi connectivity index (χ3v) is 5.37.